The summed E-state index contributed by atoms with van der Waals surface area (Å²) in [7, 11) is 0. The highest BCUT2D eigenvalue weighted by Crippen LogP contribution is 2.29. The first-order valence-corrected chi connectivity index (χ1v) is 8.35. The van der Waals surface area contributed by atoms with Crippen LogP contribution in [-0.2, 0) is 13.0 Å². The van der Waals surface area contributed by atoms with Gasteiger partial charge in [-0.3, -0.25) is 0 Å². The fourth-order valence-corrected chi connectivity index (χ4v) is 3.27. The molecule has 0 saturated heterocycles. The van der Waals surface area contributed by atoms with Gasteiger partial charge >= 0.3 is 0 Å². The molecule has 1 aromatic carbocycles. The molecule has 0 radical (unpaired) electrons. The second-order valence-corrected chi connectivity index (χ2v) is 6.13. The monoisotopic (exact) mass is 274 g/mol. The third-order valence-electron chi connectivity index (χ3n) is 4.62. The number of hydrogen-bond acceptors (Lipinski definition) is 2. The minimum Gasteiger partial charge on any atom is -0.371 e. The fraction of sp³-hybridized carbons (Fsp3) is 0.667. The van der Waals surface area contributed by atoms with E-state index in [0.29, 0.717) is 6.54 Å². The van der Waals surface area contributed by atoms with Gasteiger partial charge in [0.15, 0.2) is 0 Å². The number of fused-ring (bicyclic) bond motifs is 1. The Hall–Kier alpha value is -1.02. The van der Waals surface area contributed by atoms with Crippen LogP contribution in [0.25, 0.3) is 0 Å². The Kier molecular flexibility index (Phi) is 5.90. The van der Waals surface area contributed by atoms with Crippen LogP contribution in [0.4, 0.5) is 5.69 Å². The van der Waals surface area contributed by atoms with E-state index in [1.54, 1.807) is 0 Å². The lowest BCUT2D eigenvalue weighted by molar-refractivity contribution is 0.441. The Morgan fingerprint density at radius 3 is 2.85 bits per heavy atom. The summed E-state index contributed by atoms with van der Waals surface area (Å²) < 4.78 is 0. The molecule has 1 aliphatic rings. The second kappa shape index (κ2) is 7.68. The van der Waals surface area contributed by atoms with Gasteiger partial charge in [-0.05, 0) is 42.4 Å². The van der Waals surface area contributed by atoms with Crippen molar-refractivity contribution < 1.29 is 0 Å². The van der Waals surface area contributed by atoms with Gasteiger partial charge in [0, 0.05) is 25.3 Å². The predicted octanol–water partition coefficient (Wildman–Crippen LogP) is 4.11. The molecule has 2 heteroatoms. The molecule has 0 bridgehead atoms. The van der Waals surface area contributed by atoms with Crippen LogP contribution in [0.15, 0.2) is 18.2 Å². The molecule has 2 rings (SSSR count). The van der Waals surface area contributed by atoms with Gasteiger partial charge in [-0.15, -0.1) is 0 Å². The van der Waals surface area contributed by atoms with E-state index >= 15 is 0 Å². The van der Waals surface area contributed by atoms with E-state index < -0.39 is 0 Å². The summed E-state index contributed by atoms with van der Waals surface area (Å²) in [5, 5.41) is 0. The Bertz CT molecular complexity index is 414. The summed E-state index contributed by atoms with van der Waals surface area (Å²) >= 11 is 0. The summed E-state index contributed by atoms with van der Waals surface area (Å²) in [5.41, 5.74) is 9.99. The number of nitrogens with two attached hydrogens (primary N) is 1. The van der Waals surface area contributed by atoms with Crippen molar-refractivity contribution in [1.82, 2.24) is 0 Å². The normalized spacial score (nSPS) is 16.1. The van der Waals surface area contributed by atoms with E-state index in [9.17, 15) is 0 Å². The van der Waals surface area contributed by atoms with Gasteiger partial charge in [0.1, 0.15) is 0 Å². The zero-order valence-electron chi connectivity index (χ0n) is 13.2. The van der Waals surface area contributed by atoms with Crippen molar-refractivity contribution in [2.24, 2.45) is 11.7 Å². The Morgan fingerprint density at radius 1 is 1.30 bits per heavy atom. The number of benzene rings is 1. The van der Waals surface area contributed by atoms with Gasteiger partial charge in [-0.25, -0.2) is 0 Å². The van der Waals surface area contributed by atoms with Crippen LogP contribution >= 0.6 is 0 Å². The average molecular weight is 274 g/mol. The number of aryl methyl sites for hydroxylation is 1. The maximum atomic E-state index is 5.76. The smallest absolute Gasteiger partial charge is 0.0399 e. The first-order valence-electron chi connectivity index (χ1n) is 8.35. The predicted molar refractivity (Wildman–Crippen MR) is 88.2 cm³/mol. The molecule has 1 aliphatic heterocycles. The van der Waals surface area contributed by atoms with Crippen molar-refractivity contribution in [3.63, 3.8) is 0 Å². The average Bonchev–Trinajstić information content (AvgIpc) is 2.50. The van der Waals surface area contributed by atoms with Gasteiger partial charge < -0.3 is 10.6 Å². The van der Waals surface area contributed by atoms with Crippen molar-refractivity contribution in [2.75, 3.05) is 18.0 Å². The Labute approximate surface area is 124 Å². The molecule has 1 atom stereocenters. The summed E-state index contributed by atoms with van der Waals surface area (Å²) in [6.45, 7) is 7.73. The molecule has 0 aliphatic carbocycles. The maximum Gasteiger partial charge on any atom is 0.0399 e. The van der Waals surface area contributed by atoms with Crippen LogP contribution in [0.1, 0.15) is 57.1 Å². The molecule has 2 nitrogen and oxygen atoms in total. The summed E-state index contributed by atoms with van der Waals surface area (Å²) in [6, 6.07) is 6.81. The van der Waals surface area contributed by atoms with Crippen LogP contribution in [0.2, 0.25) is 0 Å². The van der Waals surface area contributed by atoms with E-state index in [2.05, 4.69) is 36.9 Å². The Morgan fingerprint density at radius 2 is 2.15 bits per heavy atom. The van der Waals surface area contributed by atoms with Gasteiger partial charge in [-0.2, -0.15) is 0 Å². The maximum absolute atomic E-state index is 5.76. The lowest BCUT2D eigenvalue weighted by atomic mass is 9.95. The minimum atomic E-state index is 0.654. The zero-order chi connectivity index (χ0) is 14.4. The standard InChI is InChI=1S/C18H30N2/c1-3-5-7-15(4-2)14-20-11-6-8-17-12-16(13-19)9-10-18(17)20/h9-10,12,15H,3-8,11,13-14,19H2,1-2H3. The summed E-state index contributed by atoms with van der Waals surface area (Å²) in [4.78, 5) is 2.61. The fourth-order valence-electron chi connectivity index (χ4n) is 3.27. The van der Waals surface area contributed by atoms with Crippen molar-refractivity contribution in [3.8, 4) is 0 Å². The summed E-state index contributed by atoms with van der Waals surface area (Å²) in [5.74, 6) is 0.843. The molecule has 0 fully saturated rings. The third kappa shape index (κ3) is 3.76. The van der Waals surface area contributed by atoms with E-state index in [4.69, 9.17) is 5.73 Å². The number of hydrogen-bond donors (Lipinski definition) is 1. The lowest BCUT2D eigenvalue weighted by Gasteiger charge is -2.34. The Balaban J connectivity index is 2.07. The number of nitrogens with zero attached hydrogens (tertiary/aromatic N) is 1. The molecule has 0 aromatic heterocycles. The van der Waals surface area contributed by atoms with Crippen molar-refractivity contribution in [1.29, 1.82) is 0 Å². The van der Waals surface area contributed by atoms with Crippen molar-refractivity contribution in [3.05, 3.63) is 29.3 Å². The van der Waals surface area contributed by atoms with Crippen LogP contribution in [0.3, 0.4) is 0 Å². The van der Waals surface area contributed by atoms with E-state index in [-0.39, 0.29) is 0 Å². The van der Waals surface area contributed by atoms with Crippen LogP contribution < -0.4 is 10.6 Å². The molecule has 0 spiro atoms. The first-order chi connectivity index (χ1) is 9.78. The van der Waals surface area contributed by atoms with E-state index in [1.165, 1.54) is 68.4 Å². The molecular formula is C18H30N2. The van der Waals surface area contributed by atoms with E-state index in [1.807, 2.05) is 0 Å². The third-order valence-corrected chi connectivity index (χ3v) is 4.62. The zero-order valence-corrected chi connectivity index (χ0v) is 13.2. The molecule has 20 heavy (non-hydrogen) atoms. The van der Waals surface area contributed by atoms with Gasteiger partial charge in [0.05, 0.1) is 0 Å². The van der Waals surface area contributed by atoms with Gasteiger partial charge in [0.25, 0.3) is 0 Å². The molecule has 1 aromatic rings. The molecular weight excluding hydrogens is 244 g/mol. The van der Waals surface area contributed by atoms with Crippen molar-refractivity contribution in [2.45, 2.75) is 58.9 Å². The number of anilines is 1. The highest BCUT2D eigenvalue weighted by molar-refractivity contribution is 5.56. The highest BCUT2D eigenvalue weighted by Gasteiger charge is 2.19. The van der Waals surface area contributed by atoms with Crippen LogP contribution in [0, 0.1) is 5.92 Å². The number of unbranched alkanes of at least 4 members (excludes halogenated alkanes) is 1. The van der Waals surface area contributed by atoms with Crippen molar-refractivity contribution >= 4 is 5.69 Å². The molecule has 112 valence electrons. The molecule has 1 unspecified atom stereocenters. The highest BCUT2D eigenvalue weighted by atomic mass is 15.1. The quantitative estimate of drug-likeness (QED) is 0.810. The second-order valence-electron chi connectivity index (χ2n) is 6.13. The molecule has 2 N–H and O–H groups in total. The van der Waals surface area contributed by atoms with E-state index in [0.717, 1.165) is 5.92 Å². The van der Waals surface area contributed by atoms with Gasteiger partial charge in [-0.1, -0.05) is 45.2 Å². The lowest BCUT2D eigenvalue weighted by Crippen LogP contribution is -2.34. The first kappa shape index (κ1) is 15.4. The molecule has 0 amide bonds. The number of rotatable bonds is 7. The van der Waals surface area contributed by atoms with Gasteiger partial charge in [0.2, 0.25) is 0 Å². The minimum absolute atomic E-state index is 0.654. The topological polar surface area (TPSA) is 29.3 Å². The molecule has 1 heterocycles. The SMILES string of the molecule is CCCCC(CC)CN1CCCc2cc(CN)ccc21. The van der Waals surface area contributed by atoms with Crippen LogP contribution in [0.5, 0.6) is 0 Å². The largest absolute Gasteiger partial charge is 0.371 e. The summed E-state index contributed by atoms with van der Waals surface area (Å²) in [6.07, 6.45) is 7.85. The van der Waals surface area contributed by atoms with Crippen LogP contribution in [-0.4, -0.2) is 13.1 Å². The molecule has 0 saturated carbocycles.